The van der Waals surface area contributed by atoms with Gasteiger partial charge in [-0.25, -0.2) is 14.9 Å². The summed E-state index contributed by atoms with van der Waals surface area (Å²) in [6, 6.07) is 5.67. The smallest absolute Gasteiger partial charge is 0.346 e. The van der Waals surface area contributed by atoms with E-state index in [-0.39, 0.29) is 10.8 Å². The molecule has 9 nitrogen and oxygen atoms in total. The molecule has 10 heteroatoms. The lowest BCUT2D eigenvalue weighted by Gasteiger charge is -2.09. The van der Waals surface area contributed by atoms with Crippen LogP contribution in [0.2, 0.25) is 0 Å². The number of aryl methyl sites for hydroxylation is 2. The number of nitrogens with zero attached hydrogens (tertiary/aromatic N) is 4. The number of benzene rings is 1. The molecule has 1 aromatic heterocycles. The molecule has 0 bridgehead atoms. The van der Waals surface area contributed by atoms with Gasteiger partial charge in [0.2, 0.25) is 5.91 Å². The van der Waals surface area contributed by atoms with Crippen molar-refractivity contribution >= 4 is 23.4 Å². The molecule has 1 heterocycles. The standard InChI is InChI=1S/C17H21N5O4S/c1-10-6-7-13(26-5)12(8-10)11(2)18-19-14(23)9-27-15-16(24)21(3)17(25)22(4)20-15/h6-8H,9H2,1-5H3,(H,19,23)/b18-11-. The maximum absolute atomic E-state index is 12.0. The summed E-state index contributed by atoms with van der Waals surface area (Å²) < 4.78 is 7.30. The quantitative estimate of drug-likeness (QED) is 0.435. The lowest BCUT2D eigenvalue weighted by molar-refractivity contribution is -0.118. The minimum atomic E-state index is -0.542. The minimum absolute atomic E-state index is 0.0656. The van der Waals surface area contributed by atoms with Crippen molar-refractivity contribution in [3.05, 3.63) is 50.2 Å². The van der Waals surface area contributed by atoms with Crippen molar-refractivity contribution in [2.45, 2.75) is 18.9 Å². The molecule has 0 atom stereocenters. The van der Waals surface area contributed by atoms with E-state index in [1.54, 1.807) is 14.0 Å². The third kappa shape index (κ3) is 4.85. The normalized spacial score (nSPS) is 11.4. The number of carbonyl (C=O) groups is 1. The number of thioether (sulfide) groups is 1. The van der Waals surface area contributed by atoms with Gasteiger partial charge in [-0.15, -0.1) is 0 Å². The van der Waals surface area contributed by atoms with Crippen molar-refractivity contribution < 1.29 is 9.53 Å². The number of methoxy groups -OCH3 is 1. The first-order valence-electron chi connectivity index (χ1n) is 8.00. The molecule has 0 radical (unpaired) electrons. The zero-order valence-corrected chi connectivity index (χ0v) is 16.6. The zero-order chi connectivity index (χ0) is 20.1. The van der Waals surface area contributed by atoms with Gasteiger partial charge in [0.15, 0.2) is 5.03 Å². The van der Waals surface area contributed by atoms with Crippen molar-refractivity contribution in [1.82, 2.24) is 19.8 Å². The number of aromatic nitrogens is 3. The van der Waals surface area contributed by atoms with E-state index in [1.807, 2.05) is 25.1 Å². The van der Waals surface area contributed by atoms with E-state index in [1.165, 1.54) is 14.1 Å². The predicted molar refractivity (Wildman–Crippen MR) is 104 cm³/mol. The summed E-state index contributed by atoms with van der Waals surface area (Å²) in [6.07, 6.45) is 0. The van der Waals surface area contributed by atoms with E-state index in [0.29, 0.717) is 11.5 Å². The summed E-state index contributed by atoms with van der Waals surface area (Å²) in [7, 11) is 4.37. The van der Waals surface area contributed by atoms with Crippen LogP contribution in [-0.2, 0) is 18.9 Å². The molecule has 0 fully saturated rings. The SMILES string of the molecule is COc1ccc(C)cc1/C(C)=N\NC(=O)CSc1nn(C)c(=O)n(C)c1=O. The first kappa shape index (κ1) is 20.4. The van der Waals surface area contributed by atoms with E-state index < -0.39 is 17.2 Å². The van der Waals surface area contributed by atoms with Gasteiger partial charge in [0.25, 0.3) is 5.56 Å². The molecule has 0 aliphatic heterocycles. The first-order chi connectivity index (χ1) is 12.7. The van der Waals surface area contributed by atoms with Crippen LogP contribution in [0.4, 0.5) is 0 Å². The van der Waals surface area contributed by atoms with Gasteiger partial charge in [-0.2, -0.15) is 10.2 Å². The van der Waals surface area contributed by atoms with Gasteiger partial charge in [0.1, 0.15) is 5.75 Å². The average molecular weight is 391 g/mol. The van der Waals surface area contributed by atoms with Crippen LogP contribution >= 0.6 is 11.8 Å². The second kappa shape index (κ2) is 8.67. The fraction of sp³-hybridized carbons (Fsp3) is 0.353. The van der Waals surface area contributed by atoms with E-state index in [2.05, 4.69) is 15.6 Å². The van der Waals surface area contributed by atoms with E-state index in [0.717, 1.165) is 32.1 Å². The van der Waals surface area contributed by atoms with Crippen LogP contribution in [0.15, 0.2) is 37.9 Å². The van der Waals surface area contributed by atoms with E-state index in [4.69, 9.17) is 4.74 Å². The Bertz CT molecular complexity index is 1010. The second-order valence-corrected chi connectivity index (χ2v) is 6.76. The molecule has 0 unspecified atom stereocenters. The van der Waals surface area contributed by atoms with Gasteiger partial charge >= 0.3 is 5.69 Å². The third-order valence-electron chi connectivity index (χ3n) is 3.73. The molecule has 0 aliphatic carbocycles. The van der Waals surface area contributed by atoms with Gasteiger partial charge in [0.05, 0.1) is 18.6 Å². The van der Waals surface area contributed by atoms with Crippen LogP contribution in [0, 0.1) is 6.92 Å². The topological polar surface area (TPSA) is 108 Å². The van der Waals surface area contributed by atoms with Gasteiger partial charge in [-0.3, -0.25) is 14.2 Å². The van der Waals surface area contributed by atoms with Gasteiger partial charge in [-0.05, 0) is 26.0 Å². The summed E-state index contributed by atoms with van der Waals surface area (Å²) in [5, 5.41) is 8.04. The van der Waals surface area contributed by atoms with Crippen molar-refractivity contribution in [3.8, 4) is 5.75 Å². The van der Waals surface area contributed by atoms with Crippen LogP contribution in [-0.4, -0.2) is 38.8 Å². The molecular weight excluding hydrogens is 370 g/mol. The van der Waals surface area contributed by atoms with Crippen LogP contribution in [0.25, 0.3) is 0 Å². The largest absolute Gasteiger partial charge is 0.496 e. The molecule has 144 valence electrons. The first-order valence-corrected chi connectivity index (χ1v) is 8.98. The molecule has 1 aromatic carbocycles. The van der Waals surface area contributed by atoms with Crippen LogP contribution in [0.1, 0.15) is 18.1 Å². The number of nitrogens with one attached hydrogen (secondary N) is 1. The molecule has 1 N–H and O–H groups in total. The Labute approximate surface area is 160 Å². The summed E-state index contributed by atoms with van der Waals surface area (Å²) in [5.74, 6) is 0.189. The molecule has 0 spiro atoms. The Hall–Kier alpha value is -2.88. The summed E-state index contributed by atoms with van der Waals surface area (Å²) in [6.45, 7) is 3.71. The fourth-order valence-corrected chi connectivity index (χ4v) is 3.01. The molecule has 0 saturated carbocycles. The maximum atomic E-state index is 12.0. The third-order valence-corrected chi connectivity index (χ3v) is 4.66. The predicted octanol–water partition coefficient (Wildman–Crippen LogP) is 0.429. The molecule has 2 aromatic rings. The lowest BCUT2D eigenvalue weighted by atomic mass is 10.1. The summed E-state index contributed by atoms with van der Waals surface area (Å²) >= 11 is 0.940. The Morgan fingerprint density at radius 3 is 2.70 bits per heavy atom. The number of rotatable bonds is 6. The summed E-state index contributed by atoms with van der Waals surface area (Å²) in [5.41, 5.74) is 3.79. The zero-order valence-electron chi connectivity index (χ0n) is 15.8. The van der Waals surface area contributed by atoms with Crippen molar-refractivity contribution in [2.24, 2.45) is 19.2 Å². The van der Waals surface area contributed by atoms with Crippen molar-refractivity contribution in [1.29, 1.82) is 0 Å². The molecule has 27 heavy (non-hydrogen) atoms. The highest BCUT2D eigenvalue weighted by atomic mass is 32.2. The highest BCUT2D eigenvalue weighted by molar-refractivity contribution is 7.99. The van der Waals surface area contributed by atoms with Crippen LogP contribution in [0.5, 0.6) is 5.75 Å². The highest BCUT2D eigenvalue weighted by Crippen LogP contribution is 2.20. The maximum Gasteiger partial charge on any atom is 0.346 e. The minimum Gasteiger partial charge on any atom is -0.496 e. The van der Waals surface area contributed by atoms with Crippen molar-refractivity contribution in [2.75, 3.05) is 12.9 Å². The average Bonchev–Trinajstić information content (AvgIpc) is 2.66. The Morgan fingerprint density at radius 1 is 1.33 bits per heavy atom. The van der Waals surface area contributed by atoms with E-state index in [9.17, 15) is 14.4 Å². The number of amides is 1. The highest BCUT2D eigenvalue weighted by Gasteiger charge is 2.12. The monoisotopic (exact) mass is 391 g/mol. The van der Waals surface area contributed by atoms with E-state index >= 15 is 0 Å². The van der Waals surface area contributed by atoms with Crippen molar-refractivity contribution in [3.63, 3.8) is 0 Å². The van der Waals surface area contributed by atoms with Gasteiger partial charge in [0, 0.05) is 19.7 Å². The Balaban J connectivity index is 2.07. The molecule has 0 saturated heterocycles. The number of hydrogen-bond acceptors (Lipinski definition) is 7. The fourth-order valence-electron chi connectivity index (χ4n) is 2.24. The Morgan fingerprint density at radius 2 is 2.04 bits per heavy atom. The number of carbonyl (C=O) groups excluding carboxylic acids is 1. The molecule has 0 aliphatic rings. The van der Waals surface area contributed by atoms with Crippen LogP contribution < -0.4 is 21.4 Å². The Kier molecular flexibility index (Phi) is 6.56. The summed E-state index contributed by atoms with van der Waals surface area (Å²) in [4.78, 5) is 35.7. The van der Waals surface area contributed by atoms with Gasteiger partial charge < -0.3 is 4.74 Å². The number of hydrogen-bond donors (Lipinski definition) is 1. The number of ether oxygens (including phenoxy) is 1. The lowest BCUT2D eigenvalue weighted by Crippen LogP contribution is -2.39. The molecule has 1 amide bonds. The van der Waals surface area contributed by atoms with Gasteiger partial charge in [-0.1, -0.05) is 23.4 Å². The molecular formula is C17H21N5O4S. The molecule has 2 rings (SSSR count). The second-order valence-electron chi connectivity index (χ2n) is 5.80. The number of hydrazone groups is 1. The van der Waals surface area contributed by atoms with Crippen LogP contribution in [0.3, 0.4) is 0 Å².